The van der Waals surface area contributed by atoms with Gasteiger partial charge in [0.15, 0.2) is 0 Å². The van der Waals surface area contributed by atoms with Gasteiger partial charge in [0, 0.05) is 6.42 Å². The summed E-state index contributed by atoms with van der Waals surface area (Å²) in [5.41, 5.74) is -0.248. The number of rotatable bonds is 3. The Bertz CT molecular complexity index is 319. The molecule has 2 aliphatic rings. The Hall–Kier alpha value is -0.370. The van der Waals surface area contributed by atoms with Gasteiger partial charge >= 0.3 is 0 Å². The summed E-state index contributed by atoms with van der Waals surface area (Å²) in [6.45, 7) is 11.0. The molecule has 0 radical (unpaired) electrons. The van der Waals surface area contributed by atoms with Crippen LogP contribution in [0.25, 0.3) is 0 Å². The lowest BCUT2D eigenvalue weighted by molar-refractivity contribution is -0.177. The zero-order chi connectivity index (χ0) is 13.5. The molecule has 0 aromatic carbocycles. The highest BCUT2D eigenvalue weighted by Gasteiger charge is 2.50. The molecule has 2 saturated carbocycles. The first-order chi connectivity index (χ1) is 8.32. The minimum Gasteiger partial charge on any atom is -0.373 e. The average molecular weight is 252 g/mol. The van der Waals surface area contributed by atoms with Crippen molar-refractivity contribution in [2.24, 2.45) is 23.2 Å². The summed E-state index contributed by atoms with van der Waals surface area (Å²) in [5, 5.41) is 0. The van der Waals surface area contributed by atoms with Crippen molar-refractivity contribution in [3.05, 3.63) is 0 Å². The van der Waals surface area contributed by atoms with Crippen LogP contribution in [0.3, 0.4) is 0 Å². The lowest BCUT2D eigenvalue weighted by Gasteiger charge is -2.47. The summed E-state index contributed by atoms with van der Waals surface area (Å²) in [4.78, 5) is 11.6. The number of ketones is 1. The van der Waals surface area contributed by atoms with Crippen molar-refractivity contribution in [2.75, 3.05) is 0 Å². The minimum atomic E-state index is -0.248. The van der Waals surface area contributed by atoms with Crippen LogP contribution in [0.4, 0.5) is 0 Å². The van der Waals surface area contributed by atoms with Gasteiger partial charge in [-0.15, -0.1) is 0 Å². The number of hydrogen-bond acceptors (Lipinski definition) is 2. The fourth-order valence-electron chi connectivity index (χ4n) is 3.44. The van der Waals surface area contributed by atoms with Crippen molar-refractivity contribution in [1.29, 1.82) is 0 Å². The number of carbonyl (C=O) groups is 1. The Labute approximate surface area is 111 Å². The first kappa shape index (κ1) is 14.0. The average Bonchev–Trinajstić information content (AvgIpc) is 2.28. The smallest absolute Gasteiger partial charge is 0.143 e. The number of hydrogen-bond donors (Lipinski definition) is 0. The normalized spacial score (nSPS) is 39.8. The number of carbonyl (C=O) groups excluding carboxylic acids is 1. The van der Waals surface area contributed by atoms with Gasteiger partial charge in [-0.2, -0.15) is 0 Å². The van der Waals surface area contributed by atoms with E-state index in [4.69, 9.17) is 4.74 Å². The van der Waals surface area contributed by atoms with Crippen LogP contribution in [-0.4, -0.2) is 18.0 Å². The molecule has 0 bridgehead atoms. The first-order valence-corrected chi connectivity index (χ1v) is 7.51. The predicted molar refractivity (Wildman–Crippen MR) is 73.4 cm³/mol. The van der Waals surface area contributed by atoms with Gasteiger partial charge in [0.25, 0.3) is 0 Å². The maximum Gasteiger partial charge on any atom is 0.143 e. The summed E-state index contributed by atoms with van der Waals surface area (Å²) >= 11 is 0. The topological polar surface area (TPSA) is 26.3 Å². The molecule has 2 heteroatoms. The van der Waals surface area contributed by atoms with Gasteiger partial charge in [-0.25, -0.2) is 0 Å². The molecule has 4 atom stereocenters. The molecule has 0 aromatic heterocycles. The summed E-state index contributed by atoms with van der Waals surface area (Å²) in [7, 11) is 0. The molecule has 0 saturated heterocycles. The van der Waals surface area contributed by atoms with E-state index in [0.29, 0.717) is 30.1 Å². The van der Waals surface area contributed by atoms with Crippen molar-refractivity contribution < 1.29 is 9.53 Å². The van der Waals surface area contributed by atoms with E-state index in [9.17, 15) is 4.79 Å². The lowest BCUT2D eigenvalue weighted by atomic mass is 9.67. The van der Waals surface area contributed by atoms with Gasteiger partial charge in [-0.05, 0) is 30.6 Å². The fraction of sp³-hybridized carbons (Fsp3) is 0.938. The Morgan fingerprint density at radius 1 is 1.28 bits per heavy atom. The van der Waals surface area contributed by atoms with E-state index >= 15 is 0 Å². The molecular weight excluding hydrogens is 224 g/mol. The van der Waals surface area contributed by atoms with Gasteiger partial charge in [-0.3, -0.25) is 4.79 Å². The van der Waals surface area contributed by atoms with Crippen LogP contribution >= 0.6 is 0 Å². The van der Waals surface area contributed by atoms with Crippen LogP contribution in [0.15, 0.2) is 0 Å². The highest BCUT2D eigenvalue weighted by Crippen LogP contribution is 2.43. The molecule has 0 aromatic rings. The molecule has 2 aliphatic carbocycles. The zero-order valence-corrected chi connectivity index (χ0v) is 12.5. The molecule has 0 heterocycles. The standard InChI is InChI=1S/C16H28O2/c1-10(2)12-7-6-11(3)8-13(12)18-15-9-14(17)16(15,4)5/h10-13,15H,6-9H2,1-5H3. The molecule has 0 amide bonds. The number of ether oxygens (including phenoxy) is 1. The largest absolute Gasteiger partial charge is 0.373 e. The first-order valence-electron chi connectivity index (χ1n) is 7.51. The van der Waals surface area contributed by atoms with Crippen LogP contribution in [-0.2, 0) is 9.53 Å². The molecular formula is C16H28O2. The highest BCUT2D eigenvalue weighted by atomic mass is 16.5. The van der Waals surface area contributed by atoms with Gasteiger partial charge in [0.05, 0.1) is 17.6 Å². The molecule has 18 heavy (non-hydrogen) atoms. The van der Waals surface area contributed by atoms with E-state index in [1.807, 2.05) is 13.8 Å². The van der Waals surface area contributed by atoms with Crippen molar-refractivity contribution >= 4 is 5.78 Å². The molecule has 0 aliphatic heterocycles. The third kappa shape index (κ3) is 2.49. The van der Waals surface area contributed by atoms with Gasteiger partial charge in [0.2, 0.25) is 0 Å². The van der Waals surface area contributed by atoms with E-state index < -0.39 is 0 Å². The monoisotopic (exact) mass is 252 g/mol. The molecule has 104 valence electrons. The Morgan fingerprint density at radius 3 is 2.44 bits per heavy atom. The third-order valence-electron chi connectivity index (χ3n) is 5.19. The van der Waals surface area contributed by atoms with Gasteiger partial charge < -0.3 is 4.74 Å². The summed E-state index contributed by atoms with van der Waals surface area (Å²) in [6.07, 6.45) is 4.93. The van der Waals surface area contributed by atoms with Crippen LogP contribution in [0.5, 0.6) is 0 Å². The summed E-state index contributed by atoms with van der Waals surface area (Å²) in [5.74, 6) is 2.48. The van der Waals surface area contributed by atoms with Crippen molar-refractivity contribution in [2.45, 2.75) is 72.5 Å². The predicted octanol–water partition coefficient (Wildman–Crippen LogP) is 3.83. The Morgan fingerprint density at radius 2 is 1.94 bits per heavy atom. The lowest BCUT2D eigenvalue weighted by Crippen LogP contribution is -2.54. The molecule has 0 spiro atoms. The highest BCUT2D eigenvalue weighted by molar-refractivity contribution is 5.91. The molecule has 0 N–H and O–H groups in total. The van der Waals surface area contributed by atoms with E-state index in [1.165, 1.54) is 19.3 Å². The van der Waals surface area contributed by atoms with Crippen LogP contribution in [0.2, 0.25) is 0 Å². The van der Waals surface area contributed by atoms with Crippen LogP contribution in [0, 0.1) is 23.2 Å². The maximum atomic E-state index is 11.6. The molecule has 2 nitrogen and oxygen atoms in total. The minimum absolute atomic E-state index is 0.154. The fourth-order valence-corrected chi connectivity index (χ4v) is 3.44. The summed E-state index contributed by atoms with van der Waals surface area (Å²) < 4.78 is 6.34. The molecule has 2 fully saturated rings. The van der Waals surface area contributed by atoms with E-state index in [2.05, 4.69) is 20.8 Å². The van der Waals surface area contributed by atoms with Gasteiger partial charge in [-0.1, -0.05) is 41.0 Å². The summed E-state index contributed by atoms with van der Waals surface area (Å²) in [6, 6.07) is 0. The van der Waals surface area contributed by atoms with Crippen LogP contribution < -0.4 is 0 Å². The maximum absolute atomic E-state index is 11.6. The molecule has 4 unspecified atom stereocenters. The SMILES string of the molecule is CC1CCC(C(C)C)C(OC2CC(=O)C2(C)C)C1. The van der Waals surface area contributed by atoms with Crippen molar-refractivity contribution in [1.82, 2.24) is 0 Å². The second-order valence-electron chi connectivity index (χ2n) is 7.34. The van der Waals surface area contributed by atoms with Crippen molar-refractivity contribution in [3.63, 3.8) is 0 Å². The van der Waals surface area contributed by atoms with E-state index in [-0.39, 0.29) is 11.5 Å². The Kier molecular flexibility index (Phi) is 3.87. The van der Waals surface area contributed by atoms with Crippen molar-refractivity contribution in [3.8, 4) is 0 Å². The zero-order valence-electron chi connectivity index (χ0n) is 12.5. The molecule has 2 rings (SSSR count). The Balaban J connectivity index is 1.99. The van der Waals surface area contributed by atoms with E-state index in [0.717, 1.165) is 5.92 Å². The second kappa shape index (κ2) is 4.96. The van der Waals surface area contributed by atoms with Gasteiger partial charge in [0.1, 0.15) is 5.78 Å². The second-order valence-corrected chi connectivity index (χ2v) is 7.34. The number of Topliss-reactive ketones (excluding diaryl/α,β-unsaturated/α-hetero) is 1. The van der Waals surface area contributed by atoms with E-state index in [1.54, 1.807) is 0 Å². The third-order valence-corrected chi connectivity index (χ3v) is 5.19. The van der Waals surface area contributed by atoms with Crippen LogP contribution in [0.1, 0.15) is 60.3 Å². The quantitative estimate of drug-likeness (QED) is 0.763.